The smallest absolute Gasteiger partial charge is 0.258 e. The average molecular weight is 232 g/mol. The molecule has 4 nitrogen and oxygen atoms in total. The molecule has 0 aliphatic heterocycles. The molecule has 17 heavy (non-hydrogen) atoms. The second-order valence-electron chi connectivity index (χ2n) is 5.14. The van der Waals surface area contributed by atoms with Gasteiger partial charge in [-0.1, -0.05) is 0 Å². The molecule has 1 fully saturated rings. The number of rotatable bonds is 3. The standard InChI is InChI=1S/C13H16N2O2/c1-13(2,3)17-12-11(16-10-4-5-10)9(8-14)6-7-15-12/h6-7,10H,4-5H2,1-3H3. The maximum atomic E-state index is 9.06. The zero-order valence-electron chi connectivity index (χ0n) is 10.4. The van der Waals surface area contributed by atoms with E-state index in [-0.39, 0.29) is 11.7 Å². The predicted molar refractivity (Wildman–Crippen MR) is 63.0 cm³/mol. The van der Waals surface area contributed by atoms with Crippen LogP contribution in [0.2, 0.25) is 0 Å². The second-order valence-corrected chi connectivity index (χ2v) is 5.14. The van der Waals surface area contributed by atoms with Crippen LogP contribution in [-0.4, -0.2) is 16.7 Å². The van der Waals surface area contributed by atoms with Crippen molar-refractivity contribution in [2.45, 2.75) is 45.3 Å². The van der Waals surface area contributed by atoms with Crippen molar-refractivity contribution >= 4 is 0 Å². The van der Waals surface area contributed by atoms with Gasteiger partial charge in [-0.05, 0) is 39.7 Å². The fourth-order valence-corrected chi connectivity index (χ4v) is 1.35. The fourth-order valence-electron chi connectivity index (χ4n) is 1.35. The Hall–Kier alpha value is -1.76. The van der Waals surface area contributed by atoms with Crippen LogP contribution in [-0.2, 0) is 0 Å². The monoisotopic (exact) mass is 232 g/mol. The van der Waals surface area contributed by atoms with Gasteiger partial charge in [0.25, 0.3) is 5.88 Å². The number of nitrogens with zero attached hydrogens (tertiary/aromatic N) is 2. The van der Waals surface area contributed by atoms with Crippen LogP contribution in [0, 0.1) is 11.3 Å². The van der Waals surface area contributed by atoms with Crippen LogP contribution in [0.5, 0.6) is 11.6 Å². The molecule has 0 aromatic carbocycles. The van der Waals surface area contributed by atoms with E-state index in [2.05, 4.69) is 11.1 Å². The SMILES string of the molecule is CC(C)(C)Oc1nccc(C#N)c1OC1CC1. The third kappa shape index (κ3) is 3.10. The summed E-state index contributed by atoms with van der Waals surface area (Å²) < 4.78 is 11.4. The first-order valence-electron chi connectivity index (χ1n) is 5.74. The molecule has 0 spiro atoms. The summed E-state index contributed by atoms with van der Waals surface area (Å²) in [5.74, 6) is 0.885. The third-order valence-electron chi connectivity index (χ3n) is 2.20. The van der Waals surface area contributed by atoms with Crippen LogP contribution in [0.1, 0.15) is 39.2 Å². The summed E-state index contributed by atoms with van der Waals surface area (Å²) in [5.41, 5.74) is 0.120. The number of hydrogen-bond acceptors (Lipinski definition) is 4. The van der Waals surface area contributed by atoms with Gasteiger partial charge in [-0.15, -0.1) is 0 Å². The Balaban J connectivity index is 2.32. The van der Waals surface area contributed by atoms with E-state index >= 15 is 0 Å². The summed E-state index contributed by atoms with van der Waals surface area (Å²) in [4.78, 5) is 4.16. The first-order valence-corrected chi connectivity index (χ1v) is 5.74. The van der Waals surface area contributed by atoms with Crippen molar-refractivity contribution in [1.82, 2.24) is 4.98 Å². The lowest BCUT2D eigenvalue weighted by Crippen LogP contribution is -2.24. The van der Waals surface area contributed by atoms with Crippen molar-refractivity contribution in [3.8, 4) is 17.7 Å². The lowest BCUT2D eigenvalue weighted by Gasteiger charge is -2.22. The molecule has 0 radical (unpaired) electrons. The maximum absolute atomic E-state index is 9.06. The van der Waals surface area contributed by atoms with Gasteiger partial charge in [0.05, 0.1) is 6.10 Å². The lowest BCUT2D eigenvalue weighted by molar-refractivity contribution is 0.115. The summed E-state index contributed by atoms with van der Waals surface area (Å²) >= 11 is 0. The quantitative estimate of drug-likeness (QED) is 0.804. The number of ether oxygens (including phenoxy) is 2. The molecule has 0 unspecified atom stereocenters. The first-order chi connectivity index (χ1) is 7.99. The van der Waals surface area contributed by atoms with Gasteiger partial charge >= 0.3 is 0 Å². The van der Waals surface area contributed by atoms with Gasteiger partial charge in [0, 0.05) is 6.20 Å². The van der Waals surface area contributed by atoms with Crippen molar-refractivity contribution in [3.63, 3.8) is 0 Å². The van der Waals surface area contributed by atoms with E-state index in [1.165, 1.54) is 0 Å². The average Bonchev–Trinajstić information content (AvgIpc) is 3.02. The summed E-state index contributed by atoms with van der Waals surface area (Å²) in [6.07, 6.45) is 3.86. The van der Waals surface area contributed by atoms with Crippen LogP contribution >= 0.6 is 0 Å². The first kappa shape index (κ1) is 11.7. The van der Waals surface area contributed by atoms with E-state index in [9.17, 15) is 0 Å². The third-order valence-corrected chi connectivity index (χ3v) is 2.20. The minimum Gasteiger partial charge on any atom is -0.484 e. The molecule has 0 saturated heterocycles. The van der Waals surface area contributed by atoms with Crippen molar-refractivity contribution in [2.75, 3.05) is 0 Å². The largest absolute Gasteiger partial charge is 0.484 e. The fraction of sp³-hybridized carbons (Fsp3) is 0.538. The van der Waals surface area contributed by atoms with Gasteiger partial charge in [-0.2, -0.15) is 5.26 Å². The molecule has 0 amide bonds. The molecule has 1 heterocycles. The van der Waals surface area contributed by atoms with Gasteiger partial charge < -0.3 is 9.47 Å². The summed E-state index contributed by atoms with van der Waals surface area (Å²) in [6.45, 7) is 5.82. The highest BCUT2D eigenvalue weighted by Gasteiger charge is 2.28. The van der Waals surface area contributed by atoms with E-state index < -0.39 is 0 Å². The highest BCUT2D eigenvalue weighted by Crippen LogP contribution is 2.36. The van der Waals surface area contributed by atoms with Crippen molar-refractivity contribution < 1.29 is 9.47 Å². The van der Waals surface area contributed by atoms with Crippen LogP contribution < -0.4 is 9.47 Å². The predicted octanol–water partition coefficient (Wildman–Crippen LogP) is 2.67. The normalized spacial score (nSPS) is 15.2. The van der Waals surface area contributed by atoms with Crippen molar-refractivity contribution in [1.29, 1.82) is 5.26 Å². The van der Waals surface area contributed by atoms with E-state index in [4.69, 9.17) is 14.7 Å². The van der Waals surface area contributed by atoms with Gasteiger partial charge in [0.15, 0.2) is 5.75 Å². The Morgan fingerprint density at radius 3 is 2.65 bits per heavy atom. The zero-order chi connectivity index (χ0) is 12.5. The molecule has 0 atom stereocenters. The molecule has 4 heteroatoms. The zero-order valence-corrected chi connectivity index (χ0v) is 10.4. The Morgan fingerprint density at radius 2 is 2.12 bits per heavy atom. The molecule has 2 rings (SSSR count). The minimum atomic E-state index is -0.358. The second kappa shape index (κ2) is 4.25. The van der Waals surface area contributed by atoms with Crippen LogP contribution in [0.4, 0.5) is 0 Å². The molecule has 90 valence electrons. The molecule has 1 aromatic heterocycles. The molecular weight excluding hydrogens is 216 g/mol. The van der Waals surface area contributed by atoms with Gasteiger partial charge in [-0.3, -0.25) is 0 Å². The molecule has 1 aliphatic rings. The Bertz CT molecular complexity index is 453. The molecule has 0 N–H and O–H groups in total. The Kier molecular flexibility index (Phi) is 2.93. The van der Waals surface area contributed by atoms with Crippen molar-refractivity contribution in [3.05, 3.63) is 17.8 Å². The van der Waals surface area contributed by atoms with Gasteiger partial charge in [0.2, 0.25) is 0 Å². The van der Waals surface area contributed by atoms with Crippen molar-refractivity contribution in [2.24, 2.45) is 0 Å². The van der Waals surface area contributed by atoms with Crippen LogP contribution in [0.15, 0.2) is 12.3 Å². The minimum absolute atomic E-state index is 0.216. The number of pyridine rings is 1. The highest BCUT2D eigenvalue weighted by atomic mass is 16.5. The lowest BCUT2D eigenvalue weighted by atomic mass is 10.2. The summed E-state index contributed by atoms with van der Waals surface area (Å²) in [6, 6.07) is 3.76. The van der Waals surface area contributed by atoms with Gasteiger partial charge in [-0.25, -0.2) is 4.98 Å². The topological polar surface area (TPSA) is 55.1 Å². The number of aromatic nitrogens is 1. The molecule has 1 aromatic rings. The van der Waals surface area contributed by atoms with Crippen LogP contribution in [0.25, 0.3) is 0 Å². The van der Waals surface area contributed by atoms with E-state index in [0.29, 0.717) is 17.2 Å². The molecule has 1 aliphatic carbocycles. The van der Waals surface area contributed by atoms with E-state index in [1.807, 2.05) is 20.8 Å². The highest BCUT2D eigenvalue weighted by molar-refractivity contribution is 5.49. The van der Waals surface area contributed by atoms with Gasteiger partial charge in [0.1, 0.15) is 17.2 Å². The Morgan fingerprint density at radius 1 is 1.41 bits per heavy atom. The number of nitriles is 1. The number of hydrogen-bond donors (Lipinski definition) is 0. The van der Waals surface area contributed by atoms with Crippen LogP contribution in [0.3, 0.4) is 0 Å². The maximum Gasteiger partial charge on any atom is 0.258 e. The molecule has 1 saturated carbocycles. The Labute approximate surface area is 101 Å². The van der Waals surface area contributed by atoms with E-state index in [1.54, 1.807) is 12.3 Å². The summed E-state index contributed by atoms with van der Waals surface area (Å²) in [7, 11) is 0. The van der Waals surface area contributed by atoms with E-state index in [0.717, 1.165) is 12.8 Å². The summed E-state index contributed by atoms with van der Waals surface area (Å²) in [5, 5.41) is 9.06. The molecular formula is C13H16N2O2. The molecule has 0 bridgehead atoms.